The second-order valence-electron chi connectivity index (χ2n) is 5.78. The fourth-order valence-electron chi connectivity index (χ4n) is 3.11. The summed E-state index contributed by atoms with van der Waals surface area (Å²) in [6.07, 6.45) is 3.87. The van der Waals surface area contributed by atoms with Crippen molar-refractivity contribution in [1.29, 1.82) is 0 Å². The number of rotatable bonds is 3. The van der Waals surface area contributed by atoms with Crippen LogP contribution in [0.1, 0.15) is 29.2 Å². The van der Waals surface area contributed by atoms with Gasteiger partial charge in [0.15, 0.2) is 5.82 Å². The number of nitrogens with one attached hydrogen (secondary N) is 1. The van der Waals surface area contributed by atoms with E-state index >= 15 is 0 Å². The minimum absolute atomic E-state index is 0.0658. The molecule has 1 N–H and O–H groups in total. The van der Waals surface area contributed by atoms with Crippen molar-refractivity contribution in [1.82, 2.24) is 25.0 Å². The number of aromatic nitrogens is 5. The normalized spacial score (nSPS) is 16.2. The van der Waals surface area contributed by atoms with E-state index in [2.05, 4.69) is 25.6 Å². The third-order valence-electron chi connectivity index (χ3n) is 4.24. The summed E-state index contributed by atoms with van der Waals surface area (Å²) in [6.45, 7) is 1.92. The van der Waals surface area contributed by atoms with Gasteiger partial charge in [0.1, 0.15) is 5.82 Å². The summed E-state index contributed by atoms with van der Waals surface area (Å²) >= 11 is 0. The lowest BCUT2D eigenvalue weighted by Crippen LogP contribution is -2.25. The molecule has 3 aromatic rings. The van der Waals surface area contributed by atoms with Gasteiger partial charge in [0.25, 0.3) is 0 Å². The molecule has 0 fully saturated rings. The first-order chi connectivity index (χ1) is 12.2. The fourth-order valence-corrected chi connectivity index (χ4v) is 3.11. The Morgan fingerprint density at radius 3 is 2.84 bits per heavy atom. The average molecular weight is 336 g/mol. The van der Waals surface area contributed by atoms with E-state index in [1.165, 1.54) is 7.11 Å². The maximum Gasteiger partial charge on any atom is 0.233 e. The number of amides is 1. The van der Waals surface area contributed by atoms with Crippen molar-refractivity contribution in [2.24, 2.45) is 0 Å². The number of fused-ring (bicyclic) bond motifs is 1. The number of hydrogen-bond acceptors (Lipinski definition) is 6. The summed E-state index contributed by atoms with van der Waals surface area (Å²) in [7, 11) is 1.53. The monoisotopic (exact) mass is 336 g/mol. The molecule has 8 heteroatoms. The zero-order valence-corrected chi connectivity index (χ0v) is 13.8. The van der Waals surface area contributed by atoms with Crippen molar-refractivity contribution >= 4 is 11.7 Å². The maximum absolute atomic E-state index is 12.3. The number of anilines is 1. The third kappa shape index (κ3) is 2.61. The molecule has 126 valence electrons. The van der Waals surface area contributed by atoms with Crippen LogP contribution in [0.25, 0.3) is 5.82 Å². The van der Waals surface area contributed by atoms with Crippen LogP contribution in [-0.4, -0.2) is 38.0 Å². The highest BCUT2D eigenvalue weighted by molar-refractivity contribution is 5.95. The zero-order valence-electron chi connectivity index (χ0n) is 13.8. The molecule has 1 amide bonds. The van der Waals surface area contributed by atoms with Gasteiger partial charge in [-0.2, -0.15) is 9.78 Å². The van der Waals surface area contributed by atoms with Gasteiger partial charge in [0.2, 0.25) is 11.8 Å². The molecule has 0 saturated heterocycles. The Morgan fingerprint density at radius 2 is 2.16 bits per heavy atom. The first kappa shape index (κ1) is 15.3. The highest BCUT2D eigenvalue weighted by atomic mass is 16.5. The van der Waals surface area contributed by atoms with Crippen LogP contribution in [0.4, 0.5) is 5.82 Å². The minimum atomic E-state index is -0.0857. The van der Waals surface area contributed by atoms with E-state index in [1.54, 1.807) is 29.2 Å². The molecule has 4 rings (SSSR count). The molecule has 0 saturated carbocycles. The fraction of sp³-hybridized carbons (Fsp3) is 0.235. The third-order valence-corrected chi connectivity index (χ3v) is 4.24. The molecule has 8 nitrogen and oxygen atoms in total. The quantitative estimate of drug-likeness (QED) is 0.784. The Kier molecular flexibility index (Phi) is 3.64. The maximum atomic E-state index is 12.3. The van der Waals surface area contributed by atoms with Crippen molar-refractivity contribution in [3.05, 3.63) is 53.5 Å². The van der Waals surface area contributed by atoms with Crippen LogP contribution in [0.3, 0.4) is 0 Å². The van der Waals surface area contributed by atoms with Gasteiger partial charge < -0.3 is 10.1 Å². The van der Waals surface area contributed by atoms with E-state index in [-0.39, 0.29) is 11.8 Å². The molecular formula is C17H16N6O2. The molecule has 1 atom stereocenters. The van der Waals surface area contributed by atoms with E-state index in [9.17, 15) is 4.79 Å². The lowest BCUT2D eigenvalue weighted by molar-refractivity contribution is -0.116. The highest BCUT2D eigenvalue weighted by Gasteiger charge is 2.33. The number of nitrogens with zero attached hydrogens (tertiary/aromatic N) is 5. The molecule has 1 aliphatic heterocycles. The molecule has 3 aromatic heterocycles. The van der Waals surface area contributed by atoms with Gasteiger partial charge in [0, 0.05) is 36.4 Å². The predicted octanol–water partition coefficient (Wildman–Crippen LogP) is 1.85. The molecule has 0 bridgehead atoms. The number of carbonyl (C=O) groups is 1. The number of carbonyl (C=O) groups excluding carboxylic acids is 1. The minimum Gasteiger partial charge on any atom is -0.480 e. The Labute approximate surface area is 143 Å². The first-order valence-electron chi connectivity index (χ1n) is 7.84. The lowest BCUT2D eigenvalue weighted by Gasteiger charge is -2.23. The number of ether oxygens (including phenoxy) is 1. The Morgan fingerprint density at radius 1 is 1.28 bits per heavy atom. The average Bonchev–Trinajstić information content (AvgIpc) is 2.98. The van der Waals surface area contributed by atoms with Gasteiger partial charge in [-0.15, -0.1) is 10.2 Å². The molecule has 0 aromatic carbocycles. The van der Waals surface area contributed by atoms with Crippen LogP contribution in [0.15, 0.2) is 36.7 Å². The van der Waals surface area contributed by atoms with Crippen LogP contribution in [0.5, 0.6) is 5.88 Å². The summed E-state index contributed by atoms with van der Waals surface area (Å²) in [5, 5.41) is 15.6. The van der Waals surface area contributed by atoms with Crippen LogP contribution in [0, 0.1) is 6.92 Å². The van der Waals surface area contributed by atoms with Gasteiger partial charge in [-0.1, -0.05) is 6.07 Å². The number of pyridine rings is 1. The SMILES string of the molecule is COc1ccc(-n2nc(C)c3c2NC(=O)C[C@H]3c2cccnc2)nn1. The zero-order chi connectivity index (χ0) is 17.4. The van der Waals surface area contributed by atoms with Gasteiger partial charge in [-0.3, -0.25) is 9.78 Å². The molecule has 0 aliphatic carbocycles. The largest absolute Gasteiger partial charge is 0.480 e. The van der Waals surface area contributed by atoms with Crippen molar-refractivity contribution in [3.63, 3.8) is 0 Å². The highest BCUT2D eigenvalue weighted by Crippen LogP contribution is 2.39. The topological polar surface area (TPSA) is 94.8 Å². The molecule has 0 spiro atoms. The summed E-state index contributed by atoms with van der Waals surface area (Å²) < 4.78 is 6.64. The van der Waals surface area contributed by atoms with Gasteiger partial charge in [-0.05, 0) is 24.6 Å². The summed E-state index contributed by atoms with van der Waals surface area (Å²) in [4.78, 5) is 16.5. The van der Waals surface area contributed by atoms with Crippen molar-refractivity contribution < 1.29 is 9.53 Å². The van der Waals surface area contributed by atoms with Crippen molar-refractivity contribution in [2.75, 3.05) is 12.4 Å². The van der Waals surface area contributed by atoms with E-state index in [1.807, 2.05) is 19.1 Å². The van der Waals surface area contributed by atoms with Crippen LogP contribution in [0.2, 0.25) is 0 Å². The number of hydrogen-bond donors (Lipinski definition) is 1. The van der Waals surface area contributed by atoms with E-state index in [4.69, 9.17) is 4.74 Å². The lowest BCUT2D eigenvalue weighted by atomic mass is 9.87. The van der Waals surface area contributed by atoms with Crippen LogP contribution >= 0.6 is 0 Å². The standard InChI is InChI=1S/C17H16N6O2/c1-10-16-12(11-4-3-7-18-9-11)8-14(24)19-17(16)23(22-10)13-5-6-15(25-2)21-20-13/h3-7,9,12H,8H2,1-2H3,(H,19,24)/t12-/m0/s1. The van der Waals surface area contributed by atoms with E-state index < -0.39 is 0 Å². The summed E-state index contributed by atoms with van der Waals surface area (Å²) in [5.41, 5.74) is 2.80. The second kappa shape index (κ2) is 5.97. The Hall–Kier alpha value is -3.29. The van der Waals surface area contributed by atoms with E-state index in [0.717, 1.165) is 16.8 Å². The van der Waals surface area contributed by atoms with Gasteiger partial charge in [-0.25, -0.2) is 0 Å². The van der Waals surface area contributed by atoms with E-state index in [0.29, 0.717) is 23.9 Å². The smallest absolute Gasteiger partial charge is 0.233 e. The first-order valence-corrected chi connectivity index (χ1v) is 7.84. The molecule has 4 heterocycles. The van der Waals surface area contributed by atoms with Gasteiger partial charge in [0.05, 0.1) is 12.8 Å². The van der Waals surface area contributed by atoms with Crippen molar-refractivity contribution in [2.45, 2.75) is 19.3 Å². The van der Waals surface area contributed by atoms with Gasteiger partial charge >= 0.3 is 0 Å². The Balaban J connectivity index is 1.84. The molecular weight excluding hydrogens is 320 g/mol. The van der Waals surface area contributed by atoms with Crippen LogP contribution < -0.4 is 10.1 Å². The second-order valence-corrected chi connectivity index (χ2v) is 5.78. The molecule has 25 heavy (non-hydrogen) atoms. The summed E-state index contributed by atoms with van der Waals surface area (Å²) in [5.74, 6) is 1.40. The summed E-state index contributed by atoms with van der Waals surface area (Å²) in [6, 6.07) is 7.30. The predicted molar refractivity (Wildman–Crippen MR) is 89.8 cm³/mol. The van der Waals surface area contributed by atoms with Crippen LogP contribution in [-0.2, 0) is 4.79 Å². The number of methoxy groups -OCH3 is 1. The van der Waals surface area contributed by atoms with Crippen molar-refractivity contribution in [3.8, 4) is 11.7 Å². The Bertz CT molecular complexity index is 920. The molecule has 0 radical (unpaired) electrons. The molecule has 1 aliphatic rings. The number of aryl methyl sites for hydroxylation is 1. The molecule has 0 unspecified atom stereocenters.